The molecule has 1 aliphatic heterocycles. The van der Waals surface area contributed by atoms with E-state index in [9.17, 15) is 0 Å². The molecule has 10 rings (SSSR count). The summed E-state index contributed by atoms with van der Waals surface area (Å²) < 4.78 is 9.43. The molecule has 5 nitrogen and oxygen atoms in total. The third-order valence-electron chi connectivity index (χ3n) is 14.3. The molecule has 2 aromatic heterocycles. The highest BCUT2D eigenvalue weighted by Crippen LogP contribution is 2.49. The van der Waals surface area contributed by atoms with E-state index >= 15 is 0 Å². The maximum Gasteiger partial charge on any atom is 0.137 e. The highest BCUT2D eigenvalue weighted by Gasteiger charge is 2.31. The molecule has 5 heteroatoms. The van der Waals surface area contributed by atoms with Crippen LogP contribution in [0.5, 0.6) is 11.5 Å². The molecule has 70 heavy (non-hydrogen) atoms. The molecule has 3 heterocycles. The van der Waals surface area contributed by atoms with Crippen LogP contribution in [0, 0.1) is 0 Å². The zero-order valence-corrected chi connectivity index (χ0v) is 43.2. The van der Waals surface area contributed by atoms with Crippen molar-refractivity contribution in [3.8, 4) is 39.6 Å². The number of ether oxygens (including phenoxy) is 1. The van der Waals surface area contributed by atoms with Crippen molar-refractivity contribution in [2.24, 2.45) is 0 Å². The van der Waals surface area contributed by atoms with Crippen LogP contribution in [0.15, 0.2) is 164 Å². The molecule has 0 unspecified atom stereocenters. The Kier molecular flexibility index (Phi) is 12.0. The average molecular weight is 921 g/mol. The molecule has 9 aromatic rings. The van der Waals surface area contributed by atoms with Gasteiger partial charge in [-0.1, -0.05) is 162 Å². The number of aromatic nitrogens is 2. The minimum absolute atomic E-state index is 0.0237. The fraction of sp³-hybridized carbons (Fsp3) is 0.277. The molecular weight excluding hydrogens is 853 g/mol. The molecular formula is C65H68N4O. The predicted octanol–water partition coefficient (Wildman–Crippen LogP) is 18.5. The molecule has 0 radical (unpaired) electrons. The normalized spacial score (nSPS) is 13.1. The van der Waals surface area contributed by atoms with Crippen molar-refractivity contribution in [1.82, 2.24) is 9.55 Å². The summed E-state index contributed by atoms with van der Waals surface area (Å²) in [5.74, 6) is 3.57. The standard InChI is InChI=1S/C65H68N4O/c1-41(2)52-21-13-14-22-55(52)45-34-49(38-51(35-45)70-50-28-29-57-56-23-15-16-26-58(56)69(60(57)39-50)62-37-47(31-32-66-62)65(10,11)12)68-40-67(59-30-27-46(36-61(59)68)64(7,8)9)48-20-17-19-44(33-48)63-53(42(3)4)24-18-25-54(63)43(5)6/h13-39,41-43H,40H2,1-12H3. The van der Waals surface area contributed by atoms with E-state index < -0.39 is 0 Å². The first-order valence-electron chi connectivity index (χ1n) is 25.3. The smallest absolute Gasteiger partial charge is 0.137 e. The van der Waals surface area contributed by atoms with E-state index in [1.165, 1.54) is 67.0 Å². The van der Waals surface area contributed by atoms with E-state index in [1.54, 1.807) is 0 Å². The molecule has 0 atom stereocenters. The Bertz CT molecular complexity index is 3390. The Balaban J connectivity index is 1.12. The number of pyridine rings is 1. The van der Waals surface area contributed by atoms with Gasteiger partial charge in [0.1, 0.15) is 24.0 Å². The quantitative estimate of drug-likeness (QED) is 0.137. The number of rotatable bonds is 10. The molecule has 354 valence electrons. The van der Waals surface area contributed by atoms with E-state index in [2.05, 4.69) is 255 Å². The van der Waals surface area contributed by atoms with Crippen LogP contribution in [0.1, 0.15) is 129 Å². The monoisotopic (exact) mass is 921 g/mol. The van der Waals surface area contributed by atoms with Crippen LogP contribution in [0.25, 0.3) is 49.9 Å². The number of hydrogen-bond acceptors (Lipinski definition) is 4. The summed E-state index contributed by atoms with van der Waals surface area (Å²) in [7, 11) is 0. The number of anilines is 4. The summed E-state index contributed by atoms with van der Waals surface area (Å²) in [5, 5.41) is 2.34. The summed E-state index contributed by atoms with van der Waals surface area (Å²) in [6, 6.07) is 58.3. The largest absolute Gasteiger partial charge is 0.457 e. The first-order valence-corrected chi connectivity index (χ1v) is 25.3. The summed E-state index contributed by atoms with van der Waals surface area (Å²) in [6.45, 7) is 28.1. The van der Waals surface area contributed by atoms with Crippen molar-refractivity contribution in [2.45, 2.75) is 112 Å². The summed E-state index contributed by atoms with van der Waals surface area (Å²) in [6.07, 6.45) is 1.94. The number of para-hydroxylation sites is 1. The van der Waals surface area contributed by atoms with E-state index in [-0.39, 0.29) is 10.8 Å². The highest BCUT2D eigenvalue weighted by atomic mass is 16.5. The van der Waals surface area contributed by atoms with Gasteiger partial charge >= 0.3 is 0 Å². The summed E-state index contributed by atoms with van der Waals surface area (Å²) in [5.41, 5.74) is 18.3. The van der Waals surface area contributed by atoms with Crippen molar-refractivity contribution in [3.05, 3.63) is 192 Å². The van der Waals surface area contributed by atoms with Gasteiger partial charge in [-0.25, -0.2) is 4.98 Å². The van der Waals surface area contributed by atoms with Crippen LogP contribution in [-0.2, 0) is 10.8 Å². The highest BCUT2D eigenvalue weighted by molar-refractivity contribution is 6.09. The van der Waals surface area contributed by atoms with Gasteiger partial charge in [0, 0.05) is 40.5 Å². The average Bonchev–Trinajstić information content (AvgIpc) is 3.89. The van der Waals surface area contributed by atoms with E-state index in [1.807, 2.05) is 6.20 Å². The molecule has 0 bridgehead atoms. The van der Waals surface area contributed by atoms with Crippen molar-refractivity contribution < 1.29 is 4.74 Å². The second-order valence-electron chi connectivity index (χ2n) is 22.4. The van der Waals surface area contributed by atoms with Gasteiger partial charge in [0.15, 0.2) is 0 Å². The van der Waals surface area contributed by atoms with Gasteiger partial charge in [0.2, 0.25) is 0 Å². The fourth-order valence-corrected chi connectivity index (χ4v) is 10.5. The van der Waals surface area contributed by atoms with Crippen LogP contribution in [0.3, 0.4) is 0 Å². The fourth-order valence-electron chi connectivity index (χ4n) is 10.5. The van der Waals surface area contributed by atoms with Gasteiger partial charge in [-0.2, -0.15) is 0 Å². The molecule has 0 N–H and O–H groups in total. The molecule has 0 spiro atoms. The van der Waals surface area contributed by atoms with Gasteiger partial charge in [0.05, 0.1) is 22.4 Å². The minimum Gasteiger partial charge on any atom is -0.457 e. The van der Waals surface area contributed by atoms with Gasteiger partial charge < -0.3 is 14.5 Å². The van der Waals surface area contributed by atoms with Crippen molar-refractivity contribution in [2.75, 3.05) is 16.5 Å². The van der Waals surface area contributed by atoms with Gasteiger partial charge in [0.25, 0.3) is 0 Å². The second kappa shape index (κ2) is 18.0. The van der Waals surface area contributed by atoms with E-state index in [0.29, 0.717) is 24.4 Å². The van der Waals surface area contributed by atoms with Crippen LogP contribution >= 0.6 is 0 Å². The molecule has 7 aromatic carbocycles. The third kappa shape index (κ3) is 8.65. The number of fused-ring (bicyclic) bond motifs is 4. The maximum atomic E-state index is 7.14. The topological polar surface area (TPSA) is 33.5 Å². The Morgan fingerprint density at radius 1 is 0.471 bits per heavy atom. The lowest BCUT2D eigenvalue weighted by molar-refractivity contribution is 0.483. The zero-order chi connectivity index (χ0) is 49.2. The van der Waals surface area contributed by atoms with Gasteiger partial charge in [-0.15, -0.1) is 0 Å². The SMILES string of the molecule is CC(C)c1ccccc1-c1cc(Oc2ccc3c4ccccc4n(-c4cc(C(C)(C)C)ccn4)c3c2)cc(N2CN(c3cccc(-c4c(C(C)C)cccc4C(C)C)c3)c3ccc(C(C)(C)C)cc32)c1. The Hall–Kier alpha value is -7.11. The number of hydrogen-bond donors (Lipinski definition) is 0. The van der Waals surface area contributed by atoms with Crippen molar-refractivity contribution >= 4 is 44.6 Å². The van der Waals surface area contributed by atoms with Crippen LogP contribution < -0.4 is 14.5 Å². The molecule has 0 aliphatic carbocycles. The van der Waals surface area contributed by atoms with Gasteiger partial charge in [-0.3, -0.25) is 4.57 Å². The Morgan fingerprint density at radius 2 is 1.10 bits per heavy atom. The molecule has 0 fully saturated rings. The van der Waals surface area contributed by atoms with E-state index in [4.69, 9.17) is 9.72 Å². The Morgan fingerprint density at radius 3 is 1.83 bits per heavy atom. The lowest BCUT2D eigenvalue weighted by Crippen LogP contribution is -2.24. The Labute approximate surface area is 416 Å². The van der Waals surface area contributed by atoms with E-state index in [0.717, 1.165) is 45.0 Å². The molecule has 0 saturated heterocycles. The molecule has 0 amide bonds. The summed E-state index contributed by atoms with van der Waals surface area (Å²) >= 11 is 0. The zero-order valence-electron chi connectivity index (χ0n) is 43.2. The predicted molar refractivity (Wildman–Crippen MR) is 298 cm³/mol. The second-order valence-corrected chi connectivity index (χ2v) is 22.4. The lowest BCUT2D eigenvalue weighted by Gasteiger charge is -2.25. The van der Waals surface area contributed by atoms with Crippen LogP contribution in [0.2, 0.25) is 0 Å². The first-order chi connectivity index (χ1) is 33.4. The summed E-state index contributed by atoms with van der Waals surface area (Å²) in [4.78, 5) is 9.93. The first kappa shape index (κ1) is 46.6. The maximum absolute atomic E-state index is 7.14. The van der Waals surface area contributed by atoms with Crippen LogP contribution in [0.4, 0.5) is 22.7 Å². The van der Waals surface area contributed by atoms with Crippen molar-refractivity contribution in [3.63, 3.8) is 0 Å². The van der Waals surface area contributed by atoms with Crippen molar-refractivity contribution in [1.29, 1.82) is 0 Å². The lowest BCUT2D eigenvalue weighted by atomic mass is 9.85. The molecule has 0 saturated carbocycles. The number of benzene rings is 7. The third-order valence-corrected chi connectivity index (χ3v) is 14.3. The minimum atomic E-state index is -0.0428. The molecule has 1 aliphatic rings. The van der Waals surface area contributed by atoms with Gasteiger partial charge in [-0.05, 0) is 145 Å². The van der Waals surface area contributed by atoms with Crippen LogP contribution in [-0.4, -0.2) is 16.2 Å². The number of nitrogens with zero attached hydrogens (tertiary/aromatic N) is 4.